The van der Waals surface area contributed by atoms with Crippen molar-refractivity contribution in [3.63, 3.8) is 0 Å². The normalized spacial score (nSPS) is 11.3. The van der Waals surface area contributed by atoms with Crippen LogP contribution in [0.25, 0.3) is 0 Å². The van der Waals surface area contributed by atoms with Crippen LogP contribution in [-0.2, 0) is 11.8 Å². The molecule has 27 heavy (non-hydrogen) atoms. The highest BCUT2D eigenvalue weighted by atomic mass is 79.9. The third-order valence-electron chi connectivity index (χ3n) is 4.04. The molecule has 2 rings (SSSR count). The zero-order valence-corrected chi connectivity index (χ0v) is 16.6. The number of nitriles is 1. The van der Waals surface area contributed by atoms with E-state index in [0.29, 0.717) is 11.3 Å². The van der Waals surface area contributed by atoms with Gasteiger partial charge in [0.15, 0.2) is 5.78 Å². The molecule has 0 radical (unpaired) electrons. The highest BCUT2D eigenvalue weighted by Crippen LogP contribution is 2.26. The number of carbonyl (C=O) groups is 1. The van der Waals surface area contributed by atoms with Gasteiger partial charge in [-0.25, -0.2) is 0 Å². The molecule has 0 N–H and O–H groups in total. The van der Waals surface area contributed by atoms with Crippen LogP contribution in [0.1, 0.15) is 35.3 Å². The lowest BCUT2D eigenvalue weighted by Gasteiger charge is -2.16. The number of hydrogen-bond donors (Lipinski definition) is 0. The van der Waals surface area contributed by atoms with E-state index in [1.807, 2.05) is 38.1 Å². The fourth-order valence-electron chi connectivity index (χ4n) is 2.43. The van der Waals surface area contributed by atoms with Crippen molar-refractivity contribution >= 4 is 33.6 Å². The fourth-order valence-corrected chi connectivity index (χ4v) is 2.80. The molecule has 0 unspecified atom stereocenters. The van der Waals surface area contributed by atoms with E-state index in [9.17, 15) is 20.2 Å². The monoisotopic (exact) mass is 427 g/mol. The first-order valence-corrected chi connectivity index (χ1v) is 9.00. The second-order valence-electron chi connectivity index (χ2n) is 6.52. The van der Waals surface area contributed by atoms with Crippen molar-refractivity contribution < 1.29 is 9.72 Å². The van der Waals surface area contributed by atoms with Gasteiger partial charge in [-0.2, -0.15) is 5.26 Å². The molecule has 0 amide bonds. The summed E-state index contributed by atoms with van der Waals surface area (Å²) in [5.41, 5.74) is 1.90. The molecule has 0 fully saturated rings. The first kappa shape index (κ1) is 20.5. The first-order chi connectivity index (χ1) is 12.7. The van der Waals surface area contributed by atoms with Crippen molar-refractivity contribution in [1.29, 1.82) is 5.26 Å². The van der Waals surface area contributed by atoms with E-state index in [4.69, 9.17) is 0 Å². The molecular formula is C20H18BrN3O3. The van der Waals surface area contributed by atoms with Crippen LogP contribution in [0.3, 0.4) is 0 Å². The molecule has 0 bridgehead atoms. The third kappa shape index (κ3) is 5.56. The van der Waals surface area contributed by atoms with Crippen LogP contribution in [0.4, 0.5) is 5.69 Å². The van der Waals surface area contributed by atoms with Crippen molar-refractivity contribution in [2.45, 2.75) is 25.7 Å². The van der Waals surface area contributed by atoms with Gasteiger partial charge in [-0.05, 0) is 43.2 Å². The summed E-state index contributed by atoms with van der Waals surface area (Å²) in [4.78, 5) is 26.8. The topological polar surface area (TPSA) is 96.4 Å². The van der Waals surface area contributed by atoms with Crippen LogP contribution >= 0.6 is 15.9 Å². The molecule has 7 heteroatoms. The largest absolute Gasteiger partial charge is 0.294 e. The van der Waals surface area contributed by atoms with Crippen molar-refractivity contribution in [2.24, 2.45) is 4.99 Å². The average Bonchev–Trinajstić information content (AvgIpc) is 2.63. The van der Waals surface area contributed by atoms with Crippen LogP contribution in [0.2, 0.25) is 0 Å². The predicted octanol–water partition coefficient (Wildman–Crippen LogP) is 4.65. The van der Waals surface area contributed by atoms with Crippen LogP contribution in [0, 0.1) is 21.4 Å². The van der Waals surface area contributed by atoms with Crippen molar-refractivity contribution in [3.05, 3.63) is 73.7 Å². The van der Waals surface area contributed by atoms with Gasteiger partial charge in [0.2, 0.25) is 6.54 Å². The number of Topliss-reactive ketones (excluding diaryl/α,β-unsaturated/α-hetero) is 1. The van der Waals surface area contributed by atoms with Gasteiger partial charge in [0.25, 0.3) is 0 Å². The zero-order chi connectivity index (χ0) is 20.0. The molecule has 0 aliphatic carbocycles. The Labute approximate surface area is 165 Å². The van der Waals surface area contributed by atoms with E-state index in [-0.39, 0.29) is 12.2 Å². The lowest BCUT2D eigenvalue weighted by molar-refractivity contribution is -0.462. The van der Waals surface area contributed by atoms with E-state index in [0.717, 1.165) is 15.6 Å². The molecule has 0 aliphatic heterocycles. The highest BCUT2D eigenvalue weighted by molar-refractivity contribution is 9.10. The Kier molecular flexibility index (Phi) is 6.59. The molecule has 6 nitrogen and oxygen atoms in total. The Morgan fingerprint density at radius 2 is 1.96 bits per heavy atom. The minimum absolute atomic E-state index is 0.142. The molecule has 0 aliphatic rings. The van der Waals surface area contributed by atoms with Gasteiger partial charge >= 0.3 is 0 Å². The Hall–Kier alpha value is -2.85. The average molecular weight is 428 g/mol. The number of benzene rings is 2. The summed E-state index contributed by atoms with van der Waals surface area (Å²) in [7, 11) is 0. The lowest BCUT2D eigenvalue weighted by atomic mass is 9.85. The zero-order valence-electron chi connectivity index (χ0n) is 15.0. The SMILES string of the molecule is CC(C)(C#N)c1ccc(CC(=O)c2cc(Br)ccc2/N=C/C[N+](=O)[O-])cc1. The number of nitrogens with zero attached hydrogens (tertiary/aromatic N) is 3. The molecule has 2 aromatic rings. The second-order valence-corrected chi connectivity index (χ2v) is 7.44. The maximum absolute atomic E-state index is 12.7. The second kappa shape index (κ2) is 8.69. The minimum atomic E-state index is -0.592. The highest BCUT2D eigenvalue weighted by Gasteiger charge is 2.19. The lowest BCUT2D eigenvalue weighted by Crippen LogP contribution is -2.13. The molecule has 0 heterocycles. The summed E-state index contributed by atoms with van der Waals surface area (Å²) in [5.74, 6) is -0.142. The van der Waals surface area contributed by atoms with Crippen LogP contribution < -0.4 is 0 Å². The number of aliphatic imine (C=N–C) groups is 1. The van der Waals surface area contributed by atoms with Crippen LogP contribution in [0.5, 0.6) is 0 Å². The van der Waals surface area contributed by atoms with E-state index in [1.54, 1.807) is 18.2 Å². The maximum Gasteiger partial charge on any atom is 0.238 e. The smallest absolute Gasteiger partial charge is 0.238 e. The van der Waals surface area contributed by atoms with Gasteiger partial charge in [-0.3, -0.25) is 19.9 Å². The van der Waals surface area contributed by atoms with Crippen LogP contribution in [0.15, 0.2) is 51.9 Å². The molecule has 0 spiro atoms. The molecular weight excluding hydrogens is 410 g/mol. The number of halogens is 1. The number of carbonyl (C=O) groups excluding carboxylic acids is 1. The Bertz CT molecular complexity index is 928. The number of nitro groups is 1. The summed E-state index contributed by atoms with van der Waals surface area (Å²) in [6.45, 7) is 3.27. The number of hydrogen-bond acceptors (Lipinski definition) is 5. The van der Waals surface area contributed by atoms with Gasteiger partial charge < -0.3 is 0 Å². The van der Waals surface area contributed by atoms with E-state index < -0.39 is 16.9 Å². The molecule has 2 aromatic carbocycles. The quantitative estimate of drug-likeness (QED) is 0.277. The molecule has 0 saturated carbocycles. The van der Waals surface area contributed by atoms with Crippen molar-refractivity contribution in [2.75, 3.05) is 6.54 Å². The fraction of sp³-hybridized carbons (Fsp3) is 0.250. The molecule has 0 atom stereocenters. The minimum Gasteiger partial charge on any atom is -0.294 e. The molecule has 138 valence electrons. The summed E-state index contributed by atoms with van der Waals surface area (Å²) in [5, 5.41) is 19.7. The maximum atomic E-state index is 12.7. The Balaban J connectivity index is 2.23. The summed E-state index contributed by atoms with van der Waals surface area (Å²) in [6.07, 6.45) is 1.35. The summed E-state index contributed by atoms with van der Waals surface area (Å²) in [6, 6.07) is 14.7. The first-order valence-electron chi connectivity index (χ1n) is 8.20. The predicted molar refractivity (Wildman–Crippen MR) is 107 cm³/mol. The van der Waals surface area contributed by atoms with E-state index in [1.165, 1.54) is 6.21 Å². The van der Waals surface area contributed by atoms with E-state index >= 15 is 0 Å². The van der Waals surface area contributed by atoms with Crippen molar-refractivity contribution in [3.8, 4) is 6.07 Å². The van der Waals surface area contributed by atoms with Gasteiger partial charge in [0, 0.05) is 21.4 Å². The van der Waals surface area contributed by atoms with Gasteiger partial charge in [0.1, 0.15) is 0 Å². The Morgan fingerprint density at radius 1 is 1.30 bits per heavy atom. The van der Waals surface area contributed by atoms with Crippen molar-refractivity contribution in [1.82, 2.24) is 0 Å². The van der Waals surface area contributed by atoms with E-state index in [2.05, 4.69) is 27.0 Å². The molecule has 0 saturated heterocycles. The van der Waals surface area contributed by atoms with Gasteiger partial charge in [-0.1, -0.05) is 40.2 Å². The summed E-state index contributed by atoms with van der Waals surface area (Å²) < 4.78 is 0.727. The number of rotatable bonds is 7. The third-order valence-corrected chi connectivity index (χ3v) is 4.53. The van der Waals surface area contributed by atoms with Gasteiger partial charge in [-0.15, -0.1) is 0 Å². The Morgan fingerprint density at radius 3 is 2.56 bits per heavy atom. The number of ketones is 1. The van der Waals surface area contributed by atoms with Crippen LogP contribution in [-0.4, -0.2) is 23.5 Å². The molecule has 0 aromatic heterocycles. The van der Waals surface area contributed by atoms with Gasteiger partial charge in [0.05, 0.1) is 23.4 Å². The summed E-state index contributed by atoms with van der Waals surface area (Å²) >= 11 is 3.34. The standard InChI is InChI=1S/C20H18BrN3O3/c1-20(2,13-22)15-5-3-14(4-6-15)11-19(25)17-12-16(21)7-8-18(17)23-9-10-24(26)27/h3-9,12H,10-11H2,1-2H3/b23-9+.